The van der Waals surface area contributed by atoms with E-state index in [9.17, 15) is 9.59 Å². The Balaban J connectivity index is 1.37. The summed E-state index contributed by atoms with van der Waals surface area (Å²) in [5.41, 5.74) is 1.37. The van der Waals surface area contributed by atoms with E-state index in [-0.39, 0.29) is 11.8 Å². The maximum absolute atomic E-state index is 13.5. The normalized spacial score (nSPS) is 21.9. The van der Waals surface area contributed by atoms with Gasteiger partial charge in [-0.25, -0.2) is 9.97 Å². The number of likely N-dealkylation sites (tertiary alicyclic amines) is 1. The average Bonchev–Trinajstić information content (AvgIpc) is 3.24. The molecule has 0 bridgehead atoms. The molecule has 1 unspecified atom stereocenters. The van der Waals surface area contributed by atoms with Crippen molar-refractivity contribution in [2.45, 2.75) is 37.8 Å². The molecule has 3 aromatic rings. The first-order chi connectivity index (χ1) is 15.5. The Hall–Kier alpha value is -2.84. The van der Waals surface area contributed by atoms with Gasteiger partial charge in [0, 0.05) is 35.0 Å². The summed E-state index contributed by atoms with van der Waals surface area (Å²) >= 11 is 12.2. The number of aromatic amines is 1. The Bertz CT molecular complexity index is 1160. The molecule has 2 aliphatic heterocycles. The van der Waals surface area contributed by atoms with Crippen LogP contribution in [0.4, 0.5) is 11.5 Å². The quantitative estimate of drug-likeness (QED) is 0.600. The minimum Gasteiger partial charge on any atom is -0.374 e. The molecule has 0 spiro atoms. The fraction of sp³-hybridized carbons (Fsp3) is 0.364. The number of hydrogen-bond acceptors (Lipinski definition) is 5. The number of halogens is 2. The molecule has 2 aromatic heterocycles. The first kappa shape index (κ1) is 21.0. The Morgan fingerprint density at radius 2 is 1.78 bits per heavy atom. The van der Waals surface area contributed by atoms with Crippen molar-refractivity contribution in [3.8, 4) is 0 Å². The Labute approximate surface area is 194 Å². The predicted molar refractivity (Wildman–Crippen MR) is 124 cm³/mol. The van der Waals surface area contributed by atoms with Gasteiger partial charge in [-0.05, 0) is 49.9 Å². The fourth-order valence-electron chi connectivity index (χ4n) is 4.61. The van der Waals surface area contributed by atoms with E-state index in [1.54, 1.807) is 34.2 Å². The number of amides is 2. The first-order valence-electron chi connectivity index (χ1n) is 10.6. The number of nitrogens with one attached hydrogen (secondary N) is 2. The van der Waals surface area contributed by atoms with Crippen LogP contribution in [-0.4, -0.2) is 56.8 Å². The highest BCUT2D eigenvalue weighted by molar-refractivity contribution is 6.35. The summed E-state index contributed by atoms with van der Waals surface area (Å²) in [6, 6.07) is 6.05. The van der Waals surface area contributed by atoms with Crippen LogP contribution in [0.3, 0.4) is 0 Å². The summed E-state index contributed by atoms with van der Waals surface area (Å²) < 4.78 is 0. The second-order valence-corrected chi connectivity index (χ2v) is 8.99. The molecule has 5 rings (SSSR count). The highest BCUT2D eigenvalue weighted by Gasteiger charge is 2.40. The standard InChI is InChI=1S/C22H22Cl2N6O2/c23-13-9-14(24)11-15(10-13)28-17-3-1-7-29(21(17)31)18-4-2-8-30(22(18)32)20-16-5-6-25-19(16)26-12-27-20/h5-6,9-12,17-18,28H,1-4,7-8H2,(H,25,26,27)/t17?,18-/m1/s1. The van der Waals surface area contributed by atoms with Crippen LogP contribution in [0.5, 0.6) is 0 Å². The summed E-state index contributed by atoms with van der Waals surface area (Å²) in [7, 11) is 0. The molecule has 4 heterocycles. The van der Waals surface area contributed by atoms with E-state index in [0.717, 1.165) is 18.2 Å². The lowest BCUT2D eigenvalue weighted by Gasteiger charge is -2.41. The zero-order valence-corrected chi connectivity index (χ0v) is 18.7. The van der Waals surface area contributed by atoms with Crippen molar-refractivity contribution in [3.63, 3.8) is 0 Å². The van der Waals surface area contributed by atoms with Crippen LogP contribution in [0, 0.1) is 0 Å². The van der Waals surface area contributed by atoms with Crippen molar-refractivity contribution in [2.75, 3.05) is 23.3 Å². The van der Waals surface area contributed by atoms with Gasteiger partial charge in [0.05, 0.1) is 5.39 Å². The number of rotatable bonds is 4. The number of aromatic nitrogens is 3. The molecule has 10 heteroatoms. The Morgan fingerprint density at radius 3 is 2.59 bits per heavy atom. The van der Waals surface area contributed by atoms with Crippen LogP contribution in [0.2, 0.25) is 10.0 Å². The van der Waals surface area contributed by atoms with E-state index in [0.29, 0.717) is 53.1 Å². The minimum atomic E-state index is -0.507. The van der Waals surface area contributed by atoms with Gasteiger partial charge < -0.3 is 15.2 Å². The zero-order valence-electron chi connectivity index (χ0n) is 17.2. The van der Waals surface area contributed by atoms with Crippen LogP contribution in [0.15, 0.2) is 36.8 Å². The van der Waals surface area contributed by atoms with Crippen LogP contribution >= 0.6 is 23.2 Å². The van der Waals surface area contributed by atoms with Gasteiger partial charge in [-0.1, -0.05) is 23.2 Å². The topological polar surface area (TPSA) is 94.2 Å². The Kier molecular flexibility index (Phi) is 5.65. The number of fused-ring (bicyclic) bond motifs is 1. The predicted octanol–water partition coefficient (Wildman–Crippen LogP) is 3.86. The SMILES string of the molecule is O=C1[C@H](N2CCCC(Nc3cc(Cl)cc(Cl)c3)C2=O)CCCN1c1ncnc2[nH]ccc12. The molecule has 2 amide bonds. The number of benzene rings is 1. The average molecular weight is 473 g/mol. The lowest BCUT2D eigenvalue weighted by molar-refractivity contribution is -0.143. The lowest BCUT2D eigenvalue weighted by Crippen LogP contribution is -2.59. The van der Waals surface area contributed by atoms with E-state index in [1.807, 2.05) is 6.07 Å². The van der Waals surface area contributed by atoms with E-state index in [1.165, 1.54) is 6.33 Å². The maximum Gasteiger partial charge on any atom is 0.250 e. The number of carbonyl (C=O) groups is 2. The zero-order chi connectivity index (χ0) is 22.2. The molecule has 2 saturated heterocycles. The second kappa shape index (κ2) is 8.60. The van der Waals surface area contributed by atoms with Crippen molar-refractivity contribution in [1.29, 1.82) is 0 Å². The molecule has 2 atom stereocenters. The van der Waals surface area contributed by atoms with Gasteiger partial charge in [0.2, 0.25) is 5.91 Å². The number of anilines is 2. The fourth-order valence-corrected chi connectivity index (χ4v) is 5.14. The third-order valence-electron chi connectivity index (χ3n) is 6.05. The number of nitrogens with zero attached hydrogens (tertiary/aromatic N) is 4. The van der Waals surface area contributed by atoms with Crippen molar-refractivity contribution in [1.82, 2.24) is 19.9 Å². The highest BCUT2D eigenvalue weighted by Crippen LogP contribution is 2.30. The molecule has 2 N–H and O–H groups in total. The summed E-state index contributed by atoms with van der Waals surface area (Å²) in [5.74, 6) is 0.401. The molecular formula is C22H22Cl2N6O2. The van der Waals surface area contributed by atoms with E-state index in [4.69, 9.17) is 23.2 Å². The number of carbonyl (C=O) groups excluding carboxylic acids is 2. The molecule has 32 heavy (non-hydrogen) atoms. The monoisotopic (exact) mass is 472 g/mol. The smallest absolute Gasteiger partial charge is 0.250 e. The van der Waals surface area contributed by atoms with Crippen LogP contribution < -0.4 is 10.2 Å². The van der Waals surface area contributed by atoms with Gasteiger partial charge in [-0.3, -0.25) is 14.5 Å². The van der Waals surface area contributed by atoms with Gasteiger partial charge >= 0.3 is 0 Å². The van der Waals surface area contributed by atoms with Crippen LogP contribution in [0.1, 0.15) is 25.7 Å². The lowest BCUT2D eigenvalue weighted by atomic mass is 9.97. The van der Waals surface area contributed by atoms with Crippen molar-refractivity contribution >= 4 is 57.6 Å². The molecule has 0 aliphatic carbocycles. The minimum absolute atomic E-state index is 0.0815. The summed E-state index contributed by atoms with van der Waals surface area (Å²) in [6.45, 7) is 1.12. The van der Waals surface area contributed by atoms with Gasteiger partial charge in [0.15, 0.2) is 0 Å². The molecule has 0 radical (unpaired) electrons. The summed E-state index contributed by atoms with van der Waals surface area (Å²) in [5, 5.41) is 5.04. The van der Waals surface area contributed by atoms with E-state index >= 15 is 0 Å². The number of hydrogen-bond donors (Lipinski definition) is 2. The van der Waals surface area contributed by atoms with Crippen molar-refractivity contribution in [3.05, 3.63) is 46.8 Å². The van der Waals surface area contributed by atoms with Gasteiger partial charge in [0.25, 0.3) is 5.91 Å². The third-order valence-corrected chi connectivity index (χ3v) is 6.49. The molecule has 0 saturated carbocycles. The van der Waals surface area contributed by atoms with Crippen LogP contribution in [-0.2, 0) is 9.59 Å². The number of H-pyrrole nitrogens is 1. The van der Waals surface area contributed by atoms with Crippen molar-refractivity contribution in [2.24, 2.45) is 0 Å². The van der Waals surface area contributed by atoms with Gasteiger partial charge in [-0.2, -0.15) is 0 Å². The third kappa shape index (κ3) is 3.89. The highest BCUT2D eigenvalue weighted by atomic mass is 35.5. The molecule has 166 valence electrons. The molecule has 8 nitrogen and oxygen atoms in total. The molecular weight excluding hydrogens is 451 g/mol. The first-order valence-corrected chi connectivity index (χ1v) is 11.4. The van der Waals surface area contributed by atoms with Crippen LogP contribution in [0.25, 0.3) is 11.0 Å². The summed E-state index contributed by atoms with van der Waals surface area (Å²) in [4.78, 5) is 41.9. The number of piperidine rings is 2. The largest absolute Gasteiger partial charge is 0.374 e. The molecule has 2 fully saturated rings. The van der Waals surface area contributed by atoms with E-state index < -0.39 is 12.1 Å². The Morgan fingerprint density at radius 1 is 1.00 bits per heavy atom. The van der Waals surface area contributed by atoms with Crippen molar-refractivity contribution < 1.29 is 9.59 Å². The van der Waals surface area contributed by atoms with Gasteiger partial charge in [-0.15, -0.1) is 0 Å². The maximum atomic E-state index is 13.5. The summed E-state index contributed by atoms with van der Waals surface area (Å²) in [6.07, 6.45) is 6.14. The molecule has 1 aromatic carbocycles. The molecule has 2 aliphatic rings. The second-order valence-electron chi connectivity index (χ2n) is 8.11. The van der Waals surface area contributed by atoms with Gasteiger partial charge in [0.1, 0.15) is 29.9 Å². The van der Waals surface area contributed by atoms with E-state index in [2.05, 4.69) is 20.3 Å².